The van der Waals surface area contributed by atoms with Gasteiger partial charge in [-0.25, -0.2) is 0 Å². The Bertz CT molecular complexity index is 2200. The van der Waals surface area contributed by atoms with E-state index in [1.165, 1.54) is 77.0 Å². The zero-order valence-corrected chi connectivity index (χ0v) is 58.1. The highest BCUT2D eigenvalue weighted by Crippen LogP contribution is 2.16. The Morgan fingerprint density at radius 2 is 0.604 bits per heavy atom. The number of rotatable bonds is 63. The van der Waals surface area contributed by atoms with Crippen molar-refractivity contribution >= 4 is 17.9 Å². The van der Waals surface area contributed by atoms with Gasteiger partial charge in [-0.3, -0.25) is 9.59 Å². The fourth-order valence-electron chi connectivity index (χ4n) is 8.99. The highest BCUT2D eigenvalue weighted by molar-refractivity contribution is 5.70. The lowest BCUT2D eigenvalue weighted by molar-refractivity contribution is -0.870. The average Bonchev–Trinajstić information content (AvgIpc) is 3.66. The third kappa shape index (κ3) is 71.4. The van der Waals surface area contributed by atoms with E-state index in [2.05, 4.69) is 208 Å². The lowest BCUT2D eigenvalue weighted by Gasteiger charge is -2.26. The van der Waals surface area contributed by atoms with Crippen molar-refractivity contribution in [3.8, 4) is 0 Å². The molecule has 0 aliphatic rings. The lowest BCUT2D eigenvalue weighted by Crippen LogP contribution is -2.44. The Labute approximate surface area is 557 Å². The molecule has 0 aromatic heterocycles. The van der Waals surface area contributed by atoms with Crippen LogP contribution >= 0.6 is 0 Å². The largest absolute Gasteiger partial charge is 0.545 e. The molecule has 0 heterocycles. The number of ether oxygens (including phenoxy) is 4. The maximum absolute atomic E-state index is 12.9. The molecule has 0 aliphatic carbocycles. The summed E-state index contributed by atoms with van der Waals surface area (Å²) in [5.74, 6) is -2.38. The predicted octanol–water partition coefficient (Wildman–Crippen LogP) is 21.2. The molecule has 510 valence electrons. The number of carbonyl (C=O) groups is 3. The molecule has 2 atom stereocenters. The third-order valence-electron chi connectivity index (χ3n) is 14.3. The Kier molecular flexibility index (Phi) is 65.5. The SMILES string of the molecule is CC/C=C\C/C=C\C/C=C\C/C=C\C/C=C\C/C=C\C/C=C\C/C=C\C/C=C\CCCC(=O)OC(COC(=O)CCCCCCCCCCCCCCCCC/C=C\C/C=C\C/C=C\C/C=C\C/C=C\C/C=C\C/C=C\CC)COC(OCC[N+](C)(C)C)C(=O)[O-]. The fraction of sp³-hybridized carbons (Fsp3) is 0.573. The summed E-state index contributed by atoms with van der Waals surface area (Å²) < 4.78 is 22.7. The van der Waals surface area contributed by atoms with Crippen LogP contribution in [0.5, 0.6) is 0 Å². The van der Waals surface area contributed by atoms with E-state index in [0.29, 0.717) is 23.9 Å². The summed E-state index contributed by atoms with van der Waals surface area (Å²) in [7, 11) is 5.90. The normalized spacial score (nSPS) is 13.9. The lowest BCUT2D eigenvalue weighted by atomic mass is 10.0. The summed E-state index contributed by atoms with van der Waals surface area (Å²) in [6, 6.07) is 0. The van der Waals surface area contributed by atoms with Crippen LogP contribution in [-0.4, -0.2) is 82.3 Å². The predicted molar refractivity (Wildman–Crippen MR) is 388 cm³/mol. The number of carboxylic acids is 1. The number of likely N-dealkylation sites (N-methyl/N-ethyl adjacent to an activating group) is 1. The first-order valence-electron chi connectivity index (χ1n) is 35.6. The topological polar surface area (TPSA) is 111 Å². The summed E-state index contributed by atoms with van der Waals surface area (Å²) in [6.07, 6.45) is 105. The highest BCUT2D eigenvalue weighted by atomic mass is 16.7. The van der Waals surface area contributed by atoms with Gasteiger partial charge < -0.3 is 33.3 Å². The second-order valence-corrected chi connectivity index (χ2v) is 24.1. The van der Waals surface area contributed by atoms with Crippen molar-refractivity contribution in [3.05, 3.63) is 194 Å². The van der Waals surface area contributed by atoms with Crippen LogP contribution in [0.1, 0.15) is 245 Å². The molecule has 9 heteroatoms. The van der Waals surface area contributed by atoms with Crippen LogP contribution in [0.25, 0.3) is 0 Å². The fourth-order valence-corrected chi connectivity index (χ4v) is 8.99. The molecule has 0 aromatic rings. The number of unbranched alkanes of at least 4 members (excludes halogenated alkanes) is 16. The molecule has 91 heavy (non-hydrogen) atoms. The number of aliphatic carboxylic acids is 1. The quantitative estimate of drug-likeness (QED) is 0.0195. The number of carbonyl (C=O) groups excluding carboxylic acids is 3. The molecule has 0 bridgehead atoms. The van der Waals surface area contributed by atoms with Crippen molar-refractivity contribution in [2.75, 3.05) is 47.5 Å². The van der Waals surface area contributed by atoms with Gasteiger partial charge in [-0.2, -0.15) is 0 Å². The summed E-state index contributed by atoms with van der Waals surface area (Å²) in [5, 5.41) is 11.8. The van der Waals surface area contributed by atoms with E-state index in [4.69, 9.17) is 18.9 Å². The molecular formula is C82H129NO8. The number of hydrogen-bond donors (Lipinski definition) is 0. The molecule has 0 N–H and O–H groups in total. The summed E-state index contributed by atoms with van der Waals surface area (Å²) in [5.41, 5.74) is 0. The van der Waals surface area contributed by atoms with Gasteiger partial charge >= 0.3 is 11.9 Å². The van der Waals surface area contributed by atoms with Crippen LogP contribution in [0.3, 0.4) is 0 Å². The molecule has 2 unspecified atom stereocenters. The van der Waals surface area contributed by atoms with Gasteiger partial charge in [0.1, 0.15) is 13.2 Å². The Morgan fingerprint density at radius 1 is 0.330 bits per heavy atom. The molecule has 0 saturated heterocycles. The number of quaternary nitrogens is 1. The third-order valence-corrected chi connectivity index (χ3v) is 14.3. The molecule has 0 rings (SSSR count). The maximum atomic E-state index is 12.9. The van der Waals surface area contributed by atoms with Crippen LogP contribution in [0.4, 0.5) is 0 Å². The first-order valence-corrected chi connectivity index (χ1v) is 35.6. The van der Waals surface area contributed by atoms with Gasteiger partial charge in [0.2, 0.25) is 0 Å². The molecule has 0 amide bonds. The van der Waals surface area contributed by atoms with Crippen molar-refractivity contribution in [3.63, 3.8) is 0 Å². The van der Waals surface area contributed by atoms with E-state index in [1.54, 1.807) is 0 Å². The second-order valence-electron chi connectivity index (χ2n) is 24.1. The summed E-state index contributed by atoms with van der Waals surface area (Å²) >= 11 is 0. The zero-order valence-electron chi connectivity index (χ0n) is 58.1. The number of allylic oxidation sites excluding steroid dienone is 32. The Hall–Kier alpha value is -5.87. The number of esters is 2. The molecule has 9 nitrogen and oxygen atoms in total. The van der Waals surface area contributed by atoms with Crippen molar-refractivity contribution in [1.29, 1.82) is 0 Å². The van der Waals surface area contributed by atoms with Gasteiger partial charge in [-0.1, -0.05) is 292 Å². The van der Waals surface area contributed by atoms with E-state index in [9.17, 15) is 19.5 Å². The molecule has 0 saturated carbocycles. The molecule has 0 spiro atoms. The van der Waals surface area contributed by atoms with Gasteiger partial charge in [-0.15, -0.1) is 0 Å². The van der Waals surface area contributed by atoms with Gasteiger partial charge in [0, 0.05) is 12.8 Å². The van der Waals surface area contributed by atoms with E-state index in [1.807, 2.05) is 21.1 Å². The Morgan fingerprint density at radius 3 is 0.912 bits per heavy atom. The number of carboxylic acid groups (broad SMARTS) is 1. The van der Waals surface area contributed by atoms with Gasteiger partial charge in [0.15, 0.2) is 12.4 Å². The van der Waals surface area contributed by atoms with E-state index in [0.717, 1.165) is 128 Å². The van der Waals surface area contributed by atoms with Crippen LogP contribution in [0.15, 0.2) is 194 Å². The average molecular weight is 1260 g/mol. The minimum absolute atomic E-state index is 0.127. The summed E-state index contributed by atoms with van der Waals surface area (Å²) in [4.78, 5) is 37.5. The first kappa shape index (κ1) is 85.1. The van der Waals surface area contributed by atoms with E-state index >= 15 is 0 Å². The highest BCUT2D eigenvalue weighted by Gasteiger charge is 2.22. The van der Waals surface area contributed by atoms with Crippen LogP contribution in [0.2, 0.25) is 0 Å². The maximum Gasteiger partial charge on any atom is 0.306 e. The molecule has 0 aromatic carbocycles. The van der Waals surface area contributed by atoms with Crippen molar-refractivity contribution in [1.82, 2.24) is 0 Å². The van der Waals surface area contributed by atoms with Gasteiger partial charge in [0.25, 0.3) is 0 Å². The molecule has 0 aliphatic heterocycles. The summed E-state index contributed by atoms with van der Waals surface area (Å²) in [6.45, 7) is 4.43. The van der Waals surface area contributed by atoms with Crippen molar-refractivity contribution < 1.29 is 42.9 Å². The minimum Gasteiger partial charge on any atom is -0.545 e. The monoisotopic (exact) mass is 1260 g/mol. The Balaban J connectivity index is 4.23. The standard InChI is InChI=1S/C82H129NO8/c1-6-8-10-12-14-16-18-20-22-24-26-28-30-32-34-36-37-38-39-40-41-42-43-45-46-48-50-52-54-56-58-60-62-64-66-68-70-72-79(84)89-76-78(77-90-82(81(86)87)88-75-74-83(3,4)5)91-80(85)73-71-69-67-65-63-61-59-57-55-53-51-49-47-44-35-33-31-29-27-25-23-21-19-17-15-13-11-9-7-2/h8-11,14-17,20-23,26-29,32-35,37-38,40-41,47,49,53,55,59,61,65,67,78,82H,6-7,12-13,18-19,24-25,30-31,36,39,42-46,48,50-52,54,56-58,60,62-64,66,68-77H2,1-5H3/b10-8-,11-9-,16-14-,17-15-,22-20-,23-21-,28-26-,29-27-,34-32-,35-33-,38-37-,41-40-,49-47-,55-53-,61-59-,67-65-. The molecule has 0 radical (unpaired) electrons. The van der Waals surface area contributed by atoms with E-state index in [-0.39, 0.29) is 38.6 Å². The van der Waals surface area contributed by atoms with Gasteiger partial charge in [-0.05, 0) is 135 Å². The van der Waals surface area contributed by atoms with Crippen molar-refractivity contribution in [2.24, 2.45) is 0 Å². The zero-order chi connectivity index (χ0) is 66.1. The van der Waals surface area contributed by atoms with Crippen molar-refractivity contribution in [2.45, 2.75) is 257 Å². The number of nitrogens with zero attached hydrogens (tertiary/aromatic N) is 1. The minimum atomic E-state index is -1.65. The van der Waals surface area contributed by atoms with Gasteiger partial charge in [0.05, 0.1) is 40.3 Å². The van der Waals surface area contributed by atoms with E-state index < -0.39 is 24.3 Å². The smallest absolute Gasteiger partial charge is 0.306 e. The van der Waals surface area contributed by atoms with Crippen LogP contribution < -0.4 is 5.11 Å². The van der Waals surface area contributed by atoms with Crippen LogP contribution in [0, 0.1) is 0 Å². The number of hydrogen-bond acceptors (Lipinski definition) is 8. The van der Waals surface area contributed by atoms with Crippen LogP contribution in [-0.2, 0) is 33.3 Å². The second kappa shape index (κ2) is 70.0. The first-order chi connectivity index (χ1) is 44.6. The molecule has 0 fully saturated rings. The molecular weight excluding hydrogens is 1130 g/mol.